The highest BCUT2D eigenvalue weighted by Gasteiger charge is 2.19. The van der Waals surface area contributed by atoms with Crippen molar-refractivity contribution in [3.63, 3.8) is 0 Å². The highest BCUT2D eigenvalue weighted by Crippen LogP contribution is 2.43. The van der Waals surface area contributed by atoms with Gasteiger partial charge in [0.25, 0.3) is 0 Å². The molecule has 0 aliphatic carbocycles. The third-order valence-electron chi connectivity index (χ3n) is 10.4. The van der Waals surface area contributed by atoms with Crippen LogP contribution in [0.15, 0.2) is 191 Å². The number of nitrogens with zero attached hydrogens (tertiary/aromatic N) is 2. The average molecular weight is 679 g/mol. The SMILES string of the molecule is c1ccc(-c2ccc(N(c3ccc4c(ccc5ccc6ccc7nc(-c8ccccc8)oc7c6c54)c3)c3ccc4oc5ccccc5c4c3)cc2)cc1. The molecule has 248 valence electrons. The molecule has 2 aromatic heterocycles. The molecule has 11 aromatic rings. The molecule has 0 aliphatic rings. The van der Waals surface area contributed by atoms with E-state index < -0.39 is 0 Å². The Hall–Kier alpha value is -7.17. The van der Waals surface area contributed by atoms with Gasteiger partial charge in [0.1, 0.15) is 16.7 Å². The molecule has 9 aromatic carbocycles. The first-order valence-corrected chi connectivity index (χ1v) is 17.9. The van der Waals surface area contributed by atoms with Gasteiger partial charge in [-0.05, 0) is 99.4 Å². The second-order valence-electron chi connectivity index (χ2n) is 13.6. The van der Waals surface area contributed by atoms with Crippen molar-refractivity contribution in [3.8, 4) is 22.6 Å². The number of furan rings is 1. The monoisotopic (exact) mass is 678 g/mol. The minimum Gasteiger partial charge on any atom is -0.456 e. The van der Waals surface area contributed by atoms with Gasteiger partial charge in [-0.1, -0.05) is 115 Å². The van der Waals surface area contributed by atoms with Gasteiger partial charge in [-0.25, -0.2) is 4.98 Å². The molecule has 0 amide bonds. The molecule has 0 unspecified atom stereocenters. The van der Waals surface area contributed by atoms with E-state index in [9.17, 15) is 0 Å². The normalized spacial score (nSPS) is 11.8. The van der Waals surface area contributed by atoms with E-state index in [-0.39, 0.29) is 0 Å². The van der Waals surface area contributed by atoms with Crippen LogP contribution in [-0.4, -0.2) is 4.98 Å². The molecular weight excluding hydrogens is 649 g/mol. The molecule has 0 bridgehead atoms. The van der Waals surface area contributed by atoms with Gasteiger partial charge in [-0.2, -0.15) is 0 Å². The van der Waals surface area contributed by atoms with Crippen LogP contribution in [0, 0.1) is 0 Å². The highest BCUT2D eigenvalue weighted by atomic mass is 16.3. The summed E-state index contributed by atoms with van der Waals surface area (Å²) in [4.78, 5) is 7.24. The zero-order valence-electron chi connectivity index (χ0n) is 28.5. The van der Waals surface area contributed by atoms with Crippen LogP contribution in [0.3, 0.4) is 0 Å². The first-order chi connectivity index (χ1) is 26.2. The second kappa shape index (κ2) is 11.7. The average Bonchev–Trinajstić information content (AvgIpc) is 3.84. The Kier molecular flexibility index (Phi) is 6.52. The van der Waals surface area contributed by atoms with Crippen molar-refractivity contribution in [2.75, 3.05) is 4.90 Å². The smallest absolute Gasteiger partial charge is 0.227 e. The van der Waals surface area contributed by atoms with Gasteiger partial charge in [0.05, 0.1) is 0 Å². The first-order valence-electron chi connectivity index (χ1n) is 17.9. The largest absolute Gasteiger partial charge is 0.456 e. The zero-order valence-corrected chi connectivity index (χ0v) is 28.5. The van der Waals surface area contributed by atoms with Crippen LogP contribution in [0.4, 0.5) is 17.1 Å². The quantitative estimate of drug-likeness (QED) is 0.170. The van der Waals surface area contributed by atoms with Gasteiger partial charge in [-0.15, -0.1) is 0 Å². The Morgan fingerprint density at radius 3 is 1.79 bits per heavy atom. The minimum absolute atomic E-state index is 0.629. The van der Waals surface area contributed by atoms with E-state index in [0.29, 0.717) is 5.89 Å². The van der Waals surface area contributed by atoms with Crippen molar-refractivity contribution in [1.82, 2.24) is 4.98 Å². The van der Waals surface area contributed by atoms with E-state index in [1.165, 1.54) is 11.1 Å². The summed E-state index contributed by atoms with van der Waals surface area (Å²) in [6, 6.07) is 64.0. The lowest BCUT2D eigenvalue weighted by molar-refractivity contribution is 0.623. The Morgan fingerprint density at radius 2 is 0.981 bits per heavy atom. The fourth-order valence-corrected chi connectivity index (χ4v) is 7.91. The van der Waals surface area contributed by atoms with E-state index in [1.54, 1.807) is 0 Å². The maximum Gasteiger partial charge on any atom is 0.227 e. The van der Waals surface area contributed by atoms with Gasteiger partial charge in [0.2, 0.25) is 5.89 Å². The van der Waals surface area contributed by atoms with Crippen LogP contribution < -0.4 is 4.90 Å². The molecule has 0 saturated carbocycles. The molecule has 4 heteroatoms. The number of oxazole rings is 1. The van der Waals surface area contributed by atoms with E-state index in [1.807, 2.05) is 42.5 Å². The summed E-state index contributed by atoms with van der Waals surface area (Å²) in [6.07, 6.45) is 0. The molecule has 11 rings (SSSR count). The molecule has 4 nitrogen and oxygen atoms in total. The maximum atomic E-state index is 6.58. The van der Waals surface area contributed by atoms with Crippen LogP contribution in [0.25, 0.3) is 87.9 Å². The maximum absolute atomic E-state index is 6.58. The number of hydrogen-bond acceptors (Lipinski definition) is 4. The summed E-state index contributed by atoms with van der Waals surface area (Å²) in [5.74, 6) is 0.629. The zero-order chi connectivity index (χ0) is 34.9. The van der Waals surface area contributed by atoms with E-state index in [0.717, 1.165) is 88.0 Å². The van der Waals surface area contributed by atoms with Crippen molar-refractivity contribution in [2.45, 2.75) is 0 Å². The molecule has 0 saturated heterocycles. The fraction of sp³-hybridized carbons (Fsp3) is 0. The van der Waals surface area contributed by atoms with E-state index in [4.69, 9.17) is 13.8 Å². The Morgan fingerprint density at radius 1 is 0.377 bits per heavy atom. The first kappa shape index (κ1) is 29.5. The third kappa shape index (κ3) is 4.80. The predicted molar refractivity (Wildman–Crippen MR) is 219 cm³/mol. The van der Waals surface area contributed by atoms with Gasteiger partial charge < -0.3 is 13.7 Å². The number of para-hydroxylation sites is 1. The Bertz CT molecular complexity index is 3160. The summed E-state index contributed by atoms with van der Waals surface area (Å²) in [6.45, 7) is 0. The number of hydrogen-bond donors (Lipinski definition) is 0. The topological polar surface area (TPSA) is 42.4 Å². The van der Waals surface area contributed by atoms with Crippen molar-refractivity contribution >= 4 is 82.4 Å². The van der Waals surface area contributed by atoms with E-state index >= 15 is 0 Å². The number of rotatable bonds is 5. The molecule has 0 aliphatic heterocycles. The van der Waals surface area contributed by atoms with Gasteiger partial charge >= 0.3 is 0 Å². The lowest BCUT2D eigenvalue weighted by Crippen LogP contribution is -2.09. The van der Waals surface area contributed by atoms with Crippen LogP contribution in [0.1, 0.15) is 0 Å². The predicted octanol–water partition coefficient (Wildman–Crippen LogP) is 14.0. The highest BCUT2D eigenvalue weighted by molar-refractivity contribution is 6.26. The van der Waals surface area contributed by atoms with Gasteiger partial charge in [0, 0.05) is 44.2 Å². The lowest BCUT2D eigenvalue weighted by atomic mass is 9.95. The van der Waals surface area contributed by atoms with Crippen LogP contribution >= 0.6 is 0 Å². The minimum atomic E-state index is 0.629. The van der Waals surface area contributed by atoms with Crippen molar-refractivity contribution in [2.24, 2.45) is 0 Å². The molecule has 0 fully saturated rings. The lowest BCUT2D eigenvalue weighted by Gasteiger charge is -2.26. The molecule has 2 heterocycles. The molecular formula is C49H30N2O2. The van der Waals surface area contributed by atoms with Crippen LogP contribution in [-0.2, 0) is 0 Å². The summed E-state index contributed by atoms with van der Waals surface area (Å²) < 4.78 is 12.8. The molecule has 0 spiro atoms. The number of fused-ring (bicyclic) bond motifs is 10. The summed E-state index contributed by atoms with van der Waals surface area (Å²) in [7, 11) is 0. The summed E-state index contributed by atoms with van der Waals surface area (Å²) in [5, 5.41) is 9.03. The molecule has 0 atom stereocenters. The number of aromatic nitrogens is 1. The van der Waals surface area contributed by atoms with Crippen LogP contribution in [0.2, 0.25) is 0 Å². The van der Waals surface area contributed by atoms with Gasteiger partial charge in [0.15, 0.2) is 5.58 Å². The van der Waals surface area contributed by atoms with Crippen molar-refractivity contribution < 1.29 is 8.83 Å². The fourth-order valence-electron chi connectivity index (χ4n) is 7.91. The standard InChI is InChI=1S/C49H30N2O2/c1-3-9-31(10-4-1)32-19-22-37(23-20-32)51(39-25-28-45-42(30-39)41-13-7-8-14-44(41)52-45)38-24-26-40-36(29-38)18-17-33-15-16-34-21-27-43-48(47(34)46(33)40)53-49(50-43)35-11-5-2-6-12-35/h1-30H. The van der Waals surface area contributed by atoms with Gasteiger partial charge in [-0.3, -0.25) is 0 Å². The van der Waals surface area contributed by atoms with Crippen LogP contribution in [0.5, 0.6) is 0 Å². The summed E-state index contributed by atoms with van der Waals surface area (Å²) in [5.41, 5.74) is 9.94. The second-order valence-corrected chi connectivity index (χ2v) is 13.6. The summed E-state index contributed by atoms with van der Waals surface area (Å²) >= 11 is 0. The number of benzene rings is 9. The Balaban J connectivity index is 1.11. The number of anilines is 3. The van der Waals surface area contributed by atoms with E-state index in [2.05, 4.69) is 144 Å². The van der Waals surface area contributed by atoms with Crippen molar-refractivity contribution in [1.29, 1.82) is 0 Å². The molecule has 0 N–H and O–H groups in total. The Labute approximate surface area is 304 Å². The molecule has 53 heavy (non-hydrogen) atoms. The van der Waals surface area contributed by atoms with Crippen molar-refractivity contribution in [3.05, 3.63) is 182 Å². The third-order valence-corrected chi connectivity index (χ3v) is 10.4. The molecule has 0 radical (unpaired) electrons.